The van der Waals surface area contributed by atoms with Gasteiger partial charge in [-0.2, -0.15) is 0 Å². The number of nitrogens with zero attached hydrogens (tertiary/aromatic N) is 4. The number of nitrogens with one attached hydrogen (secondary N) is 1. The zero-order valence-corrected chi connectivity index (χ0v) is 17.0. The predicted octanol–water partition coefficient (Wildman–Crippen LogP) is 3.32. The van der Waals surface area contributed by atoms with Crippen LogP contribution in [0.2, 0.25) is 0 Å². The fourth-order valence-electron chi connectivity index (χ4n) is 4.43. The number of rotatable bonds is 6. The molecule has 2 aromatic rings. The van der Waals surface area contributed by atoms with Crippen molar-refractivity contribution >= 4 is 23.7 Å². The summed E-state index contributed by atoms with van der Waals surface area (Å²) in [5.74, 6) is 1.93. The molecule has 2 saturated carbocycles. The van der Waals surface area contributed by atoms with E-state index < -0.39 is 0 Å². The summed E-state index contributed by atoms with van der Waals surface area (Å²) in [6.07, 6.45) is 12.8. The second kappa shape index (κ2) is 7.23. The summed E-state index contributed by atoms with van der Waals surface area (Å²) in [5.41, 5.74) is 0.556. The van der Waals surface area contributed by atoms with Crippen LogP contribution in [0.5, 0.6) is 0 Å². The molecule has 1 unspecified atom stereocenters. The number of imidazole rings is 1. The van der Waals surface area contributed by atoms with Gasteiger partial charge >= 0.3 is 0 Å². The van der Waals surface area contributed by atoms with Crippen LogP contribution < -0.4 is 5.32 Å². The third-order valence-electron chi connectivity index (χ3n) is 6.31. The number of hydrogen-bond acceptors (Lipinski definition) is 5. The average Bonchev–Trinajstić information content (AvgIpc) is 3.49. The molecule has 1 spiro atoms. The summed E-state index contributed by atoms with van der Waals surface area (Å²) in [7, 11) is 2.10. The highest BCUT2D eigenvalue weighted by atomic mass is 35.5. The predicted molar refractivity (Wildman–Crippen MR) is 107 cm³/mol. The Morgan fingerprint density at radius 3 is 2.77 bits per heavy atom. The van der Waals surface area contributed by atoms with E-state index in [1.165, 1.54) is 60.9 Å². The lowest BCUT2D eigenvalue weighted by molar-refractivity contribution is 0.184. The molecule has 26 heavy (non-hydrogen) atoms. The molecule has 1 N–H and O–H groups in total. The van der Waals surface area contributed by atoms with E-state index in [9.17, 15) is 0 Å². The van der Waals surface area contributed by atoms with Crippen LogP contribution in [-0.4, -0.2) is 38.6 Å². The fourth-order valence-corrected chi connectivity index (χ4v) is 5.54. The molecule has 1 atom stereocenters. The van der Waals surface area contributed by atoms with E-state index in [2.05, 4.69) is 39.2 Å². The van der Waals surface area contributed by atoms with Crippen molar-refractivity contribution in [2.24, 2.45) is 12.5 Å². The molecule has 2 aliphatic carbocycles. The highest BCUT2D eigenvalue weighted by molar-refractivity contribution is 7.11. The summed E-state index contributed by atoms with van der Waals surface area (Å²) < 4.78 is 2.16. The molecule has 3 heterocycles. The van der Waals surface area contributed by atoms with E-state index in [-0.39, 0.29) is 12.4 Å². The number of aryl methyl sites for hydroxylation is 1. The molecule has 0 amide bonds. The summed E-state index contributed by atoms with van der Waals surface area (Å²) in [6.45, 7) is 4.33. The van der Waals surface area contributed by atoms with Crippen LogP contribution in [0.25, 0.3) is 0 Å². The van der Waals surface area contributed by atoms with Crippen LogP contribution in [0.15, 0.2) is 18.6 Å². The van der Waals surface area contributed by atoms with Crippen molar-refractivity contribution in [1.82, 2.24) is 24.8 Å². The Bertz CT molecular complexity index is 747. The number of aromatic nitrogens is 3. The van der Waals surface area contributed by atoms with Gasteiger partial charge in [0.25, 0.3) is 0 Å². The van der Waals surface area contributed by atoms with Gasteiger partial charge in [0.2, 0.25) is 0 Å². The quantitative estimate of drug-likeness (QED) is 0.817. The van der Waals surface area contributed by atoms with E-state index in [0.717, 1.165) is 19.0 Å². The molecule has 1 aliphatic heterocycles. The van der Waals surface area contributed by atoms with Gasteiger partial charge in [0.05, 0.1) is 11.6 Å². The van der Waals surface area contributed by atoms with E-state index in [4.69, 9.17) is 4.98 Å². The molecule has 1 saturated heterocycles. The normalized spacial score (nSPS) is 24.0. The van der Waals surface area contributed by atoms with Gasteiger partial charge in [-0.05, 0) is 50.6 Å². The molecule has 7 heteroatoms. The van der Waals surface area contributed by atoms with E-state index in [1.54, 1.807) is 0 Å². The number of hydrogen-bond donors (Lipinski definition) is 1. The molecular weight excluding hydrogens is 366 g/mol. The lowest BCUT2D eigenvalue weighted by Gasteiger charge is -2.29. The van der Waals surface area contributed by atoms with Crippen molar-refractivity contribution in [1.29, 1.82) is 0 Å². The zero-order chi connectivity index (χ0) is 16.9. The van der Waals surface area contributed by atoms with E-state index >= 15 is 0 Å². The van der Waals surface area contributed by atoms with Gasteiger partial charge < -0.3 is 9.88 Å². The second-order valence-electron chi connectivity index (χ2n) is 8.13. The monoisotopic (exact) mass is 393 g/mol. The first-order valence-corrected chi connectivity index (χ1v) is 10.4. The summed E-state index contributed by atoms with van der Waals surface area (Å²) in [6, 6.07) is 0.706. The number of piperidine rings is 1. The van der Waals surface area contributed by atoms with Crippen LogP contribution in [0.1, 0.15) is 53.7 Å². The van der Waals surface area contributed by atoms with E-state index in [1.807, 2.05) is 17.5 Å². The Morgan fingerprint density at radius 1 is 1.27 bits per heavy atom. The lowest BCUT2D eigenvalue weighted by atomic mass is 9.93. The van der Waals surface area contributed by atoms with Gasteiger partial charge in [0.15, 0.2) is 0 Å². The van der Waals surface area contributed by atoms with Gasteiger partial charge in [0, 0.05) is 49.0 Å². The fraction of sp³-hybridized carbons (Fsp3) is 0.684. The van der Waals surface area contributed by atoms with Crippen molar-refractivity contribution in [2.45, 2.75) is 57.2 Å². The smallest absolute Gasteiger partial charge is 0.122 e. The van der Waals surface area contributed by atoms with Gasteiger partial charge in [-0.3, -0.25) is 4.90 Å². The maximum atomic E-state index is 4.69. The molecule has 3 fully saturated rings. The number of halogens is 1. The Hall–Kier alpha value is -0.950. The van der Waals surface area contributed by atoms with Crippen molar-refractivity contribution < 1.29 is 0 Å². The standard InChI is InChI=1S/C19H27N5S.ClH/c1-23-9-8-21-17(23)13-24(16-10-19(16)4-6-20-7-5-19)12-15-11-22-18(25-15)14-2-3-14;/h8-9,11,14,16,20H,2-7,10,12-13H2,1H3;1H. The zero-order valence-electron chi connectivity index (χ0n) is 15.4. The minimum absolute atomic E-state index is 0. The molecule has 0 bridgehead atoms. The van der Waals surface area contributed by atoms with Gasteiger partial charge in [-0.25, -0.2) is 9.97 Å². The molecule has 0 radical (unpaired) electrons. The maximum absolute atomic E-state index is 4.69. The molecule has 5 nitrogen and oxygen atoms in total. The van der Waals surface area contributed by atoms with Crippen LogP contribution >= 0.6 is 23.7 Å². The molecule has 0 aromatic carbocycles. The van der Waals surface area contributed by atoms with Crippen LogP contribution in [-0.2, 0) is 20.1 Å². The number of thiazole rings is 1. The summed E-state index contributed by atoms with van der Waals surface area (Å²) in [5, 5.41) is 4.88. The third kappa shape index (κ3) is 3.57. The average molecular weight is 394 g/mol. The molecule has 5 rings (SSSR count). The maximum Gasteiger partial charge on any atom is 0.122 e. The van der Waals surface area contributed by atoms with Gasteiger partial charge in [0.1, 0.15) is 5.82 Å². The van der Waals surface area contributed by atoms with Crippen molar-refractivity contribution in [3.8, 4) is 0 Å². The Morgan fingerprint density at radius 2 is 2.08 bits per heavy atom. The lowest BCUT2D eigenvalue weighted by Crippen LogP contribution is -2.36. The molecule has 142 valence electrons. The largest absolute Gasteiger partial charge is 0.337 e. The minimum Gasteiger partial charge on any atom is -0.337 e. The first-order valence-electron chi connectivity index (χ1n) is 9.59. The van der Waals surface area contributed by atoms with Crippen LogP contribution in [0.3, 0.4) is 0 Å². The minimum atomic E-state index is 0. The molecule has 2 aromatic heterocycles. The Labute approximate surface area is 165 Å². The van der Waals surface area contributed by atoms with Crippen molar-refractivity contribution in [3.05, 3.63) is 34.3 Å². The Kier molecular flexibility index (Phi) is 5.12. The second-order valence-corrected chi connectivity index (χ2v) is 9.28. The highest BCUT2D eigenvalue weighted by Crippen LogP contribution is 2.56. The summed E-state index contributed by atoms with van der Waals surface area (Å²) >= 11 is 1.94. The summed E-state index contributed by atoms with van der Waals surface area (Å²) in [4.78, 5) is 13.4. The highest BCUT2D eigenvalue weighted by Gasteiger charge is 2.56. The molecule has 3 aliphatic rings. The first kappa shape index (κ1) is 18.4. The van der Waals surface area contributed by atoms with Crippen molar-refractivity contribution in [2.75, 3.05) is 13.1 Å². The topological polar surface area (TPSA) is 46.0 Å². The third-order valence-corrected chi connectivity index (χ3v) is 7.45. The van der Waals surface area contributed by atoms with E-state index in [0.29, 0.717) is 11.5 Å². The van der Waals surface area contributed by atoms with Crippen LogP contribution in [0, 0.1) is 5.41 Å². The Balaban J connectivity index is 0.00000168. The van der Waals surface area contributed by atoms with Gasteiger partial charge in [-0.15, -0.1) is 23.7 Å². The van der Waals surface area contributed by atoms with Gasteiger partial charge in [-0.1, -0.05) is 0 Å². The SMILES string of the molecule is Cl.Cn1ccnc1CN(Cc1cnc(C2CC2)s1)C1CC12CCNCC2. The van der Waals surface area contributed by atoms with Crippen LogP contribution in [0.4, 0.5) is 0 Å². The molecular formula is C19H28ClN5S. The first-order chi connectivity index (χ1) is 12.2. The van der Waals surface area contributed by atoms with Crippen molar-refractivity contribution in [3.63, 3.8) is 0 Å².